The van der Waals surface area contributed by atoms with Crippen molar-refractivity contribution < 1.29 is 14.3 Å². The maximum Gasteiger partial charge on any atom is 0.307 e. The molecule has 0 heterocycles. The number of carbonyl (C=O) groups excluding carboxylic acids is 2. The SMILES string of the molecule is CCOC(=O)CCN(C)C(=O)Cc1cccc(Br)c1. The normalized spacial score (nSPS) is 10.1. The summed E-state index contributed by atoms with van der Waals surface area (Å²) in [5, 5.41) is 0. The van der Waals surface area contributed by atoms with Gasteiger partial charge in [0, 0.05) is 18.1 Å². The van der Waals surface area contributed by atoms with Crippen LogP contribution in [0.3, 0.4) is 0 Å². The number of ether oxygens (including phenoxy) is 1. The predicted octanol–water partition coefficient (Wildman–Crippen LogP) is 2.40. The number of esters is 1. The second-order valence-electron chi connectivity index (χ2n) is 4.18. The lowest BCUT2D eigenvalue weighted by Gasteiger charge is -2.16. The minimum Gasteiger partial charge on any atom is -0.466 e. The molecular formula is C14H18BrNO3. The Morgan fingerprint density at radius 2 is 2.11 bits per heavy atom. The van der Waals surface area contributed by atoms with Gasteiger partial charge in [-0.3, -0.25) is 9.59 Å². The molecule has 0 aliphatic rings. The van der Waals surface area contributed by atoms with Crippen molar-refractivity contribution in [2.24, 2.45) is 0 Å². The molecule has 0 aromatic heterocycles. The molecule has 1 rings (SSSR count). The number of nitrogens with zero attached hydrogens (tertiary/aromatic N) is 1. The average Bonchev–Trinajstić information content (AvgIpc) is 2.36. The summed E-state index contributed by atoms with van der Waals surface area (Å²) in [5.74, 6) is -0.285. The van der Waals surface area contributed by atoms with Gasteiger partial charge in [0.2, 0.25) is 5.91 Å². The number of likely N-dealkylation sites (N-methyl/N-ethyl adjacent to an activating group) is 1. The van der Waals surface area contributed by atoms with E-state index < -0.39 is 0 Å². The molecule has 5 heteroatoms. The molecule has 0 bridgehead atoms. The highest BCUT2D eigenvalue weighted by molar-refractivity contribution is 9.10. The minimum absolute atomic E-state index is 0.0117. The van der Waals surface area contributed by atoms with Crippen LogP contribution in [0.4, 0.5) is 0 Å². The smallest absolute Gasteiger partial charge is 0.307 e. The minimum atomic E-state index is -0.274. The molecule has 0 radical (unpaired) electrons. The zero-order valence-electron chi connectivity index (χ0n) is 11.2. The van der Waals surface area contributed by atoms with Crippen molar-refractivity contribution in [1.82, 2.24) is 4.90 Å². The lowest BCUT2D eigenvalue weighted by molar-refractivity contribution is -0.143. The molecule has 19 heavy (non-hydrogen) atoms. The van der Waals surface area contributed by atoms with Gasteiger partial charge in [0.15, 0.2) is 0 Å². The van der Waals surface area contributed by atoms with Gasteiger partial charge in [0.05, 0.1) is 19.4 Å². The molecule has 4 nitrogen and oxygen atoms in total. The van der Waals surface area contributed by atoms with Crippen LogP contribution in [-0.2, 0) is 20.7 Å². The monoisotopic (exact) mass is 327 g/mol. The van der Waals surface area contributed by atoms with E-state index in [4.69, 9.17) is 4.74 Å². The van der Waals surface area contributed by atoms with Crippen molar-refractivity contribution in [3.8, 4) is 0 Å². The largest absolute Gasteiger partial charge is 0.466 e. The van der Waals surface area contributed by atoms with E-state index >= 15 is 0 Å². The van der Waals surface area contributed by atoms with Gasteiger partial charge in [0.25, 0.3) is 0 Å². The van der Waals surface area contributed by atoms with Crippen molar-refractivity contribution in [2.75, 3.05) is 20.2 Å². The summed E-state index contributed by atoms with van der Waals surface area (Å²) in [7, 11) is 1.69. The molecule has 0 atom stereocenters. The van der Waals surface area contributed by atoms with Gasteiger partial charge in [0.1, 0.15) is 0 Å². The molecular weight excluding hydrogens is 310 g/mol. The summed E-state index contributed by atoms with van der Waals surface area (Å²) in [6, 6.07) is 7.63. The van der Waals surface area contributed by atoms with Crippen molar-refractivity contribution in [1.29, 1.82) is 0 Å². The number of halogens is 1. The second kappa shape index (κ2) is 7.94. The molecule has 104 valence electrons. The standard InChI is InChI=1S/C14H18BrNO3/c1-3-19-14(18)7-8-16(2)13(17)10-11-5-4-6-12(15)9-11/h4-6,9H,3,7-8,10H2,1-2H3. The first-order valence-corrected chi connectivity index (χ1v) is 6.96. The highest BCUT2D eigenvalue weighted by Gasteiger charge is 2.12. The van der Waals surface area contributed by atoms with Crippen LogP contribution in [0.1, 0.15) is 18.9 Å². The molecule has 0 spiro atoms. The fourth-order valence-corrected chi connectivity index (χ4v) is 2.02. The van der Waals surface area contributed by atoms with Gasteiger partial charge < -0.3 is 9.64 Å². The van der Waals surface area contributed by atoms with Crippen LogP contribution in [0.2, 0.25) is 0 Å². The van der Waals surface area contributed by atoms with Crippen molar-refractivity contribution in [2.45, 2.75) is 19.8 Å². The third-order valence-electron chi connectivity index (χ3n) is 2.63. The molecule has 0 aliphatic carbocycles. The number of hydrogen-bond donors (Lipinski definition) is 0. The molecule has 1 aromatic rings. The molecule has 0 saturated carbocycles. The number of carbonyl (C=O) groups is 2. The molecule has 0 saturated heterocycles. The Kier molecular flexibility index (Phi) is 6.56. The molecule has 1 aromatic carbocycles. The predicted molar refractivity (Wildman–Crippen MR) is 76.7 cm³/mol. The summed E-state index contributed by atoms with van der Waals surface area (Å²) >= 11 is 3.37. The van der Waals surface area contributed by atoms with Gasteiger partial charge in [-0.15, -0.1) is 0 Å². The number of amides is 1. The van der Waals surface area contributed by atoms with Crippen molar-refractivity contribution >= 4 is 27.8 Å². The van der Waals surface area contributed by atoms with Gasteiger partial charge in [-0.05, 0) is 24.6 Å². The first kappa shape index (κ1) is 15.7. The van der Waals surface area contributed by atoms with Crippen LogP contribution < -0.4 is 0 Å². The zero-order valence-corrected chi connectivity index (χ0v) is 12.8. The molecule has 1 amide bonds. The highest BCUT2D eigenvalue weighted by Crippen LogP contribution is 2.12. The Balaban J connectivity index is 2.42. The van der Waals surface area contributed by atoms with Gasteiger partial charge in [-0.25, -0.2) is 0 Å². The van der Waals surface area contributed by atoms with Crippen LogP contribution in [0, 0.1) is 0 Å². The van der Waals surface area contributed by atoms with Crippen molar-refractivity contribution in [3.05, 3.63) is 34.3 Å². The maximum atomic E-state index is 12.0. The van der Waals surface area contributed by atoms with Crippen LogP contribution in [0.15, 0.2) is 28.7 Å². The van der Waals surface area contributed by atoms with E-state index in [1.807, 2.05) is 24.3 Å². The average molecular weight is 328 g/mol. The van der Waals surface area contributed by atoms with Gasteiger partial charge in [-0.1, -0.05) is 28.1 Å². The zero-order chi connectivity index (χ0) is 14.3. The Hall–Kier alpha value is -1.36. The molecule has 0 unspecified atom stereocenters. The molecule has 0 N–H and O–H groups in total. The van der Waals surface area contributed by atoms with E-state index in [1.54, 1.807) is 18.9 Å². The van der Waals surface area contributed by atoms with Gasteiger partial charge >= 0.3 is 5.97 Å². The summed E-state index contributed by atoms with van der Waals surface area (Å²) in [4.78, 5) is 24.7. The van der Waals surface area contributed by atoms with Gasteiger partial charge in [-0.2, -0.15) is 0 Å². The van der Waals surface area contributed by atoms with E-state index in [9.17, 15) is 9.59 Å². The lowest BCUT2D eigenvalue weighted by Crippen LogP contribution is -2.30. The second-order valence-corrected chi connectivity index (χ2v) is 5.09. The highest BCUT2D eigenvalue weighted by atomic mass is 79.9. The first-order chi connectivity index (χ1) is 9.02. The quantitative estimate of drug-likeness (QED) is 0.754. The van der Waals surface area contributed by atoms with Crippen LogP contribution in [-0.4, -0.2) is 37.0 Å². The Morgan fingerprint density at radius 1 is 1.37 bits per heavy atom. The Bertz CT molecular complexity index is 448. The maximum absolute atomic E-state index is 12.0. The first-order valence-electron chi connectivity index (χ1n) is 6.17. The van der Waals surface area contributed by atoms with Crippen molar-refractivity contribution in [3.63, 3.8) is 0 Å². The van der Waals surface area contributed by atoms with E-state index in [0.29, 0.717) is 19.6 Å². The summed E-state index contributed by atoms with van der Waals surface area (Å²) in [5.41, 5.74) is 0.947. The summed E-state index contributed by atoms with van der Waals surface area (Å²) in [6.07, 6.45) is 0.563. The fraction of sp³-hybridized carbons (Fsp3) is 0.429. The third kappa shape index (κ3) is 5.87. The number of benzene rings is 1. The molecule has 0 fully saturated rings. The van der Waals surface area contributed by atoms with E-state index in [0.717, 1.165) is 10.0 Å². The fourth-order valence-electron chi connectivity index (χ4n) is 1.57. The summed E-state index contributed by atoms with van der Waals surface area (Å²) in [6.45, 7) is 2.51. The van der Waals surface area contributed by atoms with Crippen LogP contribution >= 0.6 is 15.9 Å². The summed E-state index contributed by atoms with van der Waals surface area (Å²) < 4.78 is 5.77. The van der Waals surface area contributed by atoms with E-state index in [2.05, 4.69) is 15.9 Å². The third-order valence-corrected chi connectivity index (χ3v) is 3.12. The lowest BCUT2D eigenvalue weighted by atomic mass is 10.1. The van der Waals surface area contributed by atoms with Crippen LogP contribution in [0.5, 0.6) is 0 Å². The Labute approximate surface area is 121 Å². The van der Waals surface area contributed by atoms with E-state index in [1.165, 1.54) is 0 Å². The Morgan fingerprint density at radius 3 is 2.74 bits per heavy atom. The van der Waals surface area contributed by atoms with Crippen LogP contribution in [0.25, 0.3) is 0 Å². The number of rotatable bonds is 6. The van der Waals surface area contributed by atoms with E-state index in [-0.39, 0.29) is 18.3 Å². The molecule has 0 aliphatic heterocycles. The topological polar surface area (TPSA) is 46.6 Å². The number of hydrogen-bond acceptors (Lipinski definition) is 3.